The summed E-state index contributed by atoms with van der Waals surface area (Å²) in [6.45, 7) is 3.17. The zero-order valence-electron chi connectivity index (χ0n) is 14.3. The third-order valence-electron chi connectivity index (χ3n) is 4.17. The van der Waals surface area contributed by atoms with Gasteiger partial charge in [0.2, 0.25) is 5.91 Å². The number of carbonyl (C=O) groups is 1. The van der Waals surface area contributed by atoms with Gasteiger partial charge in [-0.2, -0.15) is 0 Å². The number of nitrogens with one attached hydrogen (secondary N) is 2. The molecule has 0 atom stereocenters. The summed E-state index contributed by atoms with van der Waals surface area (Å²) >= 11 is 5.29. The number of hydrogen-bond acceptors (Lipinski definition) is 3. The predicted octanol–water partition coefficient (Wildman–Crippen LogP) is 2.45. The Morgan fingerprint density at radius 2 is 2.00 bits per heavy atom. The number of hydrogen-bond donors (Lipinski definition) is 2. The zero-order valence-corrected chi connectivity index (χ0v) is 15.2. The van der Waals surface area contributed by atoms with Gasteiger partial charge in [-0.1, -0.05) is 18.6 Å². The highest BCUT2D eigenvalue weighted by Gasteiger charge is 2.15. The van der Waals surface area contributed by atoms with Crippen molar-refractivity contribution in [1.82, 2.24) is 15.5 Å². The van der Waals surface area contributed by atoms with E-state index in [9.17, 15) is 4.79 Å². The number of ether oxygens (including phenoxy) is 1. The van der Waals surface area contributed by atoms with Crippen LogP contribution in [-0.4, -0.2) is 42.7 Å². The first-order valence-corrected chi connectivity index (χ1v) is 9.02. The number of likely N-dealkylation sites (tertiary alicyclic amines) is 1. The van der Waals surface area contributed by atoms with E-state index in [1.54, 1.807) is 7.11 Å². The summed E-state index contributed by atoms with van der Waals surface area (Å²) in [7, 11) is 1.66. The van der Waals surface area contributed by atoms with Gasteiger partial charge in [-0.25, -0.2) is 0 Å². The van der Waals surface area contributed by atoms with E-state index in [2.05, 4.69) is 10.6 Å². The normalized spacial score (nSPS) is 14.9. The van der Waals surface area contributed by atoms with E-state index in [-0.39, 0.29) is 0 Å². The molecule has 0 unspecified atom stereocenters. The van der Waals surface area contributed by atoms with E-state index >= 15 is 0 Å². The summed E-state index contributed by atoms with van der Waals surface area (Å²) in [6, 6.07) is 7.90. The zero-order chi connectivity index (χ0) is 17.2. The molecule has 0 radical (unpaired) electrons. The van der Waals surface area contributed by atoms with E-state index in [0.29, 0.717) is 24.0 Å². The summed E-state index contributed by atoms with van der Waals surface area (Å²) in [5.74, 6) is 1.15. The molecule has 1 aliphatic heterocycles. The summed E-state index contributed by atoms with van der Waals surface area (Å²) in [5, 5.41) is 7.04. The fourth-order valence-corrected chi connectivity index (χ4v) is 2.91. The molecule has 0 bridgehead atoms. The van der Waals surface area contributed by atoms with Crippen molar-refractivity contribution >= 4 is 23.2 Å². The number of methoxy groups -OCH3 is 1. The Hall–Kier alpha value is -1.82. The number of amides is 1. The van der Waals surface area contributed by atoms with Gasteiger partial charge in [-0.3, -0.25) is 4.79 Å². The summed E-state index contributed by atoms with van der Waals surface area (Å²) in [5.41, 5.74) is 1.15. The van der Waals surface area contributed by atoms with Crippen molar-refractivity contribution in [3.05, 3.63) is 29.8 Å². The van der Waals surface area contributed by atoms with Gasteiger partial charge in [0.15, 0.2) is 5.11 Å². The molecular formula is C18H27N3O2S. The standard InChI is InChI=1S/C18H27N3O2S/c1-23-16-9-7-15(8-10-16)14-20-18(24)19-11-5-13-21-12-4-2-3-6-17(21)22/h7-10H,2-6,11-14H2,1H3,(H2,19,20,24). The van der Waals surface area contributed by atoms with Crippen LogP contribution in [-0.2, 0) is 11.3 Å². The van der Waals surface area contributed by atoms with Crippen molar-refractivity contribution in [2.24, 2.45) is 0 Å². The van der Waals surface area contributed by atoms with Crippen LogP contribution >= 0.6 is 12.2 Å². The molecule has 1 aromatic carbocycles. The van der Waals surface area contributed by atoms with Crippen molar-refractivity contribution in [2.75, 3.05) is 26.7 Å². The van der Waals surface area contributed by atoms with E-state index in [1.165, 1.54) is 6.42 Å². The van der Waals surface area contributed by atoms with Crippen LogP contribution < -0.4 is 15.4 Å². The lowest BCUT2D eigenvalue weighted by molar-refractivity contribution is -0.130. The minimum atomic E-state index is 0.299. The minimum absolute atomic E-state index is 0.299. The molecule has 132 valence electrons. The molecule has 6 heteroatoms. The maximum Gasteiger partial charge on any atom is 0.222 e. The van der Waals surface area contributed by atoms with Crippen LogP contribution in [0.3, 0.4) is 0 Å². The summed E-state index contributed by atoms with van der Waals surface area (Å²) in [4.78, 5) is 13.9. The lowest BCUT2D eigenvalue weighted by Gasteiger charge is -2.20. The van der Waals surface area contributed by atoms with E-state index in [4.69, 9.17) is 17.0 Å². The molecular weight excluding hydrogens is 322 g/mol. The molecule has 0 aromatic heterocycles. The van der Waals surface area contributed by atoms with Crippen molar-refractivity contribution < 1.29 is 9.53 Å². The highest BCUT2D eigenvalue weighted by atomic mass is 32.1. The quantitative estimate of drug-likeness (QED) is 0.585. The number of carbonyl (C=O) groups excluding carboxylic acids is 1. The van der Waals surface area contributed by atoms with Crippen molar-refractivity contribution in [3.63, 3.8) is 0 Å². The maximum atomic E-state index is 11.9. The van der Waals surface area contributed by atoms with Crippen LogP contribution in [0.25, 0.3) is 0 Å². The predicted molar refractivity (Wildman–Crippen MR) is 100 cm³/mol. The van der Waals surface area contributed by atoms with Gasteiger partial charge in [0.25, 0.3) is 0 Å². The van der Waals surface area contributed by atoms with Crippen molar-refractivity contribution in [2.45, 2.75) is 38.6 Å². The molecule has 1 aromatic rings. The largest absolute Gasteiger partial charge is 0.497 e. The van der Waals surface area contributed by atoms with Crippen LogP contribution in [0.15, 0.2) is 24.3 Å². The second-order valence-corrected chi connectivity index (χ2v) is 6.41. The fourth-order valence-electron chi connectivity index (χ4n) is 2.74. The average molecular weight is 350 g/mol. The number of thiocarbonyl (C=S) groups is 1. The van der Waals surface area contributed by atoms with Gasteiger partial charge >= 0.3 is 0 Å². The molecule has 1 aliphatic rings. The minimum Gasteiger partial charge on any atom is -0.497 e. The Kier molecular flexibility index (Phi) is 7.82. The molecule has 24 heavy (non-hydrogen) atoms. The lowest BCUT2D eigenvalue weighted by atomic mass is 10.2. The summed E-state index contributed by atoms with van der Waals surface area (Å²) in [6.07, 6.45) is 4.94. The van der Waals surface area contributed by atoms with Crippen LogP contribution in [0.2, 0.25) is 0 Å². The van der Waals surface area contributed by atoms with Gasteiger partial charge < -0.3 is 20.3 Å². The Balaban J connectivity index is 1.59. The third-order valence-corrected chi connectivity index (χ3v) is 4.46. The Morgan fingerprint density at radius 3 is 2.75 bits per heavy atom. The fraction of sp³-hybridized carbons (Fsp3) is 0.556. The topological polar surface area (TPSA) is 53.6 Å². The maximum absolute atomic E-state index is 11.9. The second-order valence-electron chi connectivity index (χ2n) is 6.00. The molecule has 2 N–H and O–H groups in total. The van der Waals surface area contributed by atoms with Gasteiger partial charge in [0, 0.05) is 32.6 Å². The highest BCUT2D eigenvalue weighted by molar-refractivity contribution is 7.80. The molecule has 0 aliphatic carbocycles. The molecule has 1 fully saturated rings. The molecule has 0 saturated carbocycles. The number of benzene rings is 1. The van der Waals surface area contributed by atoms with Crippen LogP contribution in [0, 0.1) is 0 Å². The Labute approximate surface area is 149 Å². The van der Waals surface area contributed by atoms with E-state index in [0.717, 1.165) is 50.2 Å². The number of rotatable bonds is 7. The van der Waals surface area contributed by atoms with Gasteiger partial charge in [0.1, 0.15) is 5.75 Å². The second kappa shape index (κ2) is 10.1. The van der Waals surface area contributed by atoms with E-state index in [1.807, 2.05) is 29.2 Å². The highest BCUT2D eigenvalue weighted by Crippen LogP contribution is 2.11. The lowest BCUT2D eigenvalue weighted by Crippen LogP contribution is -2.37. The Morgan fingerprint density at radius 1 is 1.21 bits per heavy atom. The summed E-state index contributed by atoms with van der Waals surface area (Å²) < 4.78 is 5.14. The molecule has 5 nitrogen and oxygen atoms in total. The molecule has 1 amide bonds. The molecule has 0 spiro atoms. The number of nitrogens with zero attached hydrogens (tertiary/aromatic N) is 1. The van der Waals surface area contributed by atoms with Crippen molar-refractivity contribution in [1.29, 1.82) is 0 Å². The van der Waals surface area contributed by atoms with Gasteiger partial charge in [-0.05, 0) is 49.2 Å². The first kappa shape index (κ1) is 18.5. The molecule has 2 rings (SSSR count). The molecule has 1 heterocycles. The first-order valence-electron chi connectivity index (χ1n) is 8.61. The Bertz CT molecular complexity index is 534. The van der Waals surface area contributed by atoms with Crippen LogP contribution in [0.5, 0.6) is 5.75 Å². The smallest absolute Gasteiger partial charge is 0.222 e. The van der Waals surface area contributed by atoms with Crippen LogP contribution in [0.4, 0.5) is 0 Å². The van der Waals surface area contributed by atoms with Crippen molar-refractivity contribution in [3.8, 4) is 5.75 Å². The van der Waals surface area contributed by atoms with Gasteiger partial charge in [-0.15, -0.1) is 0 Å². The molecule has 1 saturated heterocycles. The average Bonchev–Trinajstić information content (AvgIpc) is 2.81. The van der Waals surface area contributed by atoms with Crippen LogP contribution in [0.1, 0.15) is 37.7 Å². The van der Waals surface area contributed by atoms with Gasteiger partial charge in [0.05, 0.1) is 7.11 Å². The SMILES string of the molecule is COc1ccc(CNC(=S)NCCCN2CCCCCC2=O)cc1. The monoisotopic (exact) mass is 349 g/mol. The third kappa shape index (κ3) is 6.35. The van der Waals surface area contributed by atoms with E-state index < -0.39 is 0 Å². The first-order chi connectivity index (χ1) is 11.7.